The summed E-state index contributed by atoms with van der Waals surface area (Å²) in [6.45, 7) is 1.20. The lowest BCUT2D eigenvalue weighted by Gasteiger charge is -2.15. The number of carbonyl (C=O) groups is 3. The Kier molecular flexibility index (Phi) is 7.37. The van der Waals surface area contributed by atoms with Crippen molar-refractivity contribution in [2.24, 2.45) is 0 Å². The molecule has 13 heteroatoms. The summed E-state index contributed by atoms with van der Waals surface area (Å²) in [4.78, 5) is 47.9. The molecule has 0 radical (unpaired) electrons. The number of hydrogen-bond donors (Lipinski definition) is 0. The molecule has 1 aliphatic rings. The van der Waals surface area contributed by atoms with Crippen LogP contribution in [0.2, 0.25) is 0 Å². The molecule has 3 heterocycles. The Hall–Kier alpha value is -4.91. The molecule has 0 atom stereocenters. The number of aromatic nitrogens is 3. The molecule has 5 rings (SSSR count). The molecule has 0 spiro atoms. The van der Waals surface area contributed by atoms with Crippen molar-refractivity contribution in [1.82, 2.24) is 19.8 Å². The summed E-state index contributed by atoms with van der Waals surface area (Å²) in [5.74, 6) is -2.98. The maximum absolute atomic E-state index is 13.9. The van der Waals surface area contributed by atoms with Crippen molar-refractivity contribution in [1.29, 1.82) is 0 Å². The Morgan fingerprint density at radius 3 is 2.34 bits per heavy atom. The van der Waals surface area contributed by atoms with E-state index in [1.54, 1.807) is 19.1 Å². The molecule has 0 fully saturated rings. The topological polar surface area (TPSA) is 104 Å². The van der Waals surface area contributed by atoms with E-state index in [-0.39, 0.29) is 46.8 Å². The molecule has 0 saturated heterocycles. The Balaban J connectivity index is 1.45. The van der Waals surface area contributed by atoms with Crippen LogP contribution in [0.1, 0.15) is 60.4 Å². The molecule has 0 bridgehead atoms. The molecule has 0 unspecified atom stereocenters. The molecule has 4 aromatic rings. The molecule has 1 aliphatic heterocycles. The van der Waals surface area contributed by atoms with Crippen LogP contribution >= 0.6 is 0 Å². The highest BCUT2D eigenvalue weighted by atomic mass is 19.4. The van der Waals surface area contributed by atoms with Crippen LogP contribution in [0, 0.1) is 5.82 Å². The number of ether oxygens (including phenoxy) is 1. The first-order valence-corrected chi connectivity index (χ1v) is 12.2. The van der Waals surface area contributed by atoms with Gasteiger partial charge in [0.2, 0.25) is 0 Å². The molecule has 0 aliphatic carbocycles. The monoisotopic (exact) mass is 568 g/mol. The van der Waals surface area contributed by atoms with Gasteiger partial charge in [-0.1, -0.05) is 12.1 Å². The van der Waals surface area contributed by atoms with Gasteiger partial charge in [0.05, 0.1) is 35.2 Å². The summed E-state index contributed by atoms with van der Waals surface area (Å²) in [5.41, 5.74) is -0.162. The lowest BCUT2D eigenvalue weighted by molar-refractivity contribution is -0.137. The lowest BCUT2D eigenvalue weighted by Crippen LogP contribution is -2.30. The molecule has 2 aromatic heterocycles. The van der Waals surface area contributed by atoms with Crippen LogP contribution < -0.4 is 0 Å². The second-order valence-corrected chi connectivity index (χ2v) is 8.91. The smallest absolute Gasteiger partial charge is 0.416 e. The van der Waals surface area contributed by atoms with Crippen molar-refractivity contribution >= 4 is 17.8 Å². The fraction of sp³-hybridized carbons (Fsp3) is 0.179. The number of imide groups is 1. The van der Waals surface area contributed by atoms with Crippen molar-refractivity contribution < 1.29 is 41.5 Å². The van der Waals surface area contributed by atoms with Gasteiger partial charge >= 0.3 is 12.1 Å². The number of benzene rings is 2. The van der Waals surface area contributed by atoms with Crippen LogP contribution in [0.3, 0.4) is 0 Å². The molecule has 2 aromatic carbocycles. The second-order valence-electron chi connectivity index (χ2n) is 8.91. The molecule has 0 saturated carbocycles. The summed E-state index contributed by atoms with van der Waals surface area (Å²) in [6.07, 6.45) is -2.21. The predicted molar refractivity (Wildman–Crippen MR) is 133 cm³/mol. The van der Waals surface area contributed by atoms with Gasteiger partial charge in [0.25, 0.3) is 11.8 Å². The third-order valence-corrected chi connectivity index (χ3v) is 6.17. The molecule has 2 amide bonds. The van der Waals surface area contributed by atoms with Gasteiger partial charge in [0, 0.05) is 6.20 Å². The van der Waals surface area contributed by atoms with Gasteiger partial charge in [-0.15, -0.1) is 5.06 Å². The Morgan fingerprint density at radius 2 is 1.68 bits per heavy atom. The third kappa shape index (κ3) is 5.57. The van der Waals surface area contributed by atoms with E-state index in [4.69, 9.17) is 9.57 Å². The van der Waals surface area contributed by atoms with Crippen LogP contribution in [0.4, 0.5) is 17.6 Å². The zero-order valence-electron chi connectivity index (χ0n) is 21.3. The minimum absolute atomic E-state index is 0.0180. The number of rotatable bonds is 8. The number of hydroxylamine groups is 2. The van der Waals surface area contributed by atoms with Crippen LogP contribution in [0.15, 0.2) is 67.0 Å². The number of nitrogens with zero attached hydrogens (tertiary/aromatic N) is 4. The molecular weight excluding hydrogens is 548 g/mol. The number of hydrogen-bond acceptors (Lipinski definition) is 7. The van der Waals surface area contributed by atoms with E-state index in [2.05, 4.69) is 10.1 Å². The van der Waals surface area contributed by atoms with E-state index in [9.17, 15) is 31.9 Å². The quantitative estimate of drug-likeness (QED) is 0.169. The molecular formula is C28H20F4N4O5. The Labute approximate surface area is 229 Å². The average Bonchev–Trinajstić information content (AvgIpc) is 3.46. The minimum Gasteiger partial charge on any atom is -0.462 e. The molecule has 0 N–H and O–H groups in total. The fourth-order valence-electron chi connectivity index (χ4n) is 4.34. The summed E-state index contributed by atoms with van der Waals surface area (Å²) >= 11 is 0. The first kappa shape index (κ1) is 27.6. The Morgan fingerprint density at radius 1 is 0.976 bits per heavy atom. The highest BCUT2D eigenvalue weighted by Gasteiger charge is 2.37. The Bertz CT molecular complexity index is 1630. The average molecular weight is 568 g/mol. The van der Waals surface area contributed by atoms with E-state index in [1.165, 1.54) is 41.3 Å². The highest BCUT2D eigenvalue weighted by Crippen LogP contribution is 2.31. The SMILES string of the molecule is CCOC(=O)c1cnn(-c2cc(Cc3cc(F)cc(C(F)(F)F)c3)ccn2)c1CON1C(=O)c2ccccc2C1=O. The molecule has 41 heavy (non-hydrogen) atoms. The first-order valence-electron chi connectivity index (χ1n) is 12.2. The van der Waals surface area contributed by atoms with Gasteiger partial charge in [-0.25, -0.2) is 18.9 Å². The van der Waals surface area contributed by atoms with Crippen molar-refractivity contribution in [2.75, 3.05) is 6.61 Å². The van der Waals surface area contributed by atoms with Crippen LogP contribution in [-0.2, 0) is 28.8 Å². The highest BCUT2D eigenvalue weighted by molar-refractivity contribution is 6.20. The largest absolute Gasteiger partial charge is 0.462 e. The number of amides is 2. The maximum Gasteiger partial charge on any atom is 0.416 e. The predicted octanol–water partition coefficient (Wildman–Crippen LogP) is 4.92. The third-order valence-electron chi connectivity index (χ3n) is 6.17. The first-order chi connectivity index (χ1) is 19.6. The normalized spacial score (nSPS) is 13.0. The summed E-state index contributed by atoms with van der Waals surface area (Å²) < 4.78 is 59.7. The number of alkyl halides is 3. The van der Waals surface area contributed by atoms with E-state index in [0.29, 0.717) is 16.7 Å². The van der Waals surface area contributed by atoms with E-state index < -0.39 is 41.9 Å². The molecule has 9 nitrogen and oxygen atoms in total. The van der Waals surface area contributed by atoms with Gasteiger partial charge in [-0.3, -0.25) is 14.4 Å². The standard InChI is InChI=1S/C28H20F4N4O5/c1-2-40-27(39)22-14-34-35(23(22)15-41-36-25(37)20-5-3-4-6-21(20)26(36)38)24-12-16(7-8-33-24)9-17-10-18(28(30,31)32)13-19(29)11-17/h3-8,10-14H,2,9,15H2,1H3. The van der Waals surface area contributed by atoms with Crippen LogP contribution in [-0.4, -0.2) is 44.2 Å². The van der Waals surface area contributed by atoms with Gasteiger partial charge in [0.15, 0.2) is 5.82 Å². The van der Waals surface area contributed by atoms with Gasteiger partial charge in [-0.2, -0.15) is 18.3 Å². The fourth-order valence-corrected chi connectivity index (χ4v) is 4.34. The van der Waals surface area contributed by atoms with Crippen LogP contribution in [0.25, 0.3) is 5.82 Å². The zero-order valence-corrected chi connectivity index (χ0v) is 21.3. The minimum atomic E-state index is -4.72. The summed E-state index contributed by atoms with van der Waals surface area (Å²) in [5, 5.41) is 4.78. The van der Waals surface area contributed by atoms with E-state index >= 15 is 0 Å². The van der Waals surface area contributed by atoms with E-state index in [1.807, 2.05) is 0 Å². The van der Waals surface area contributed by atoms with Crippen molar-refractivity contribution in [3.63, 3.8) is 0 Å². The van der Waals surface area contributed by atoms with Gasteiger partial charge in [0.1, 0.15) is 18.0 Å². The number of carbonyl (C=O) groups excluding carboxylic acids is 3. The van der Waals surface area contributed by atoms with Crippen molar-refractivity contribution in [3.8, 4) is 5.82 Å². The van der Waals surface area contributed by atoms with Crippen molar-refractivity contribution in [3.05, 3.63) is 112 Å². The van der Waals surface area contributed by atoms with E-state index in [0.717, 1.165) is 12.1 Å². The second kappa shape index (κ2) is 10.9. The summed E-state index contributed by atoms with van der Waals surface area (Å²) in [6, 6.07) is 11.5. The maximum atomic E-state index is 13.9. The summed E-state index contributed by atoms with van der Waals surface area (Å²) in [7, 11) is 0. The van der Waals surface area contributed by atoms with Gasteiger partial charge in [-0.05, 0) is 66.9 Å². The van der Waals surface area contributed by atoms with Gasteiger partial charge < -0.3 is 4.74 Å². The number of fused-ring (bicyclic) bond motifs is 1. The number of halogens is 4. The number of pyridine rings is 1. The van der Waals surface area contributed by atoms with Crippen LogP contribution in [0.5, 0.6) is 0 Å². The zero-order chi connectivity index (χ0) is 29.3. The number of esters is 1. The lowest BCUT2D eigenvalue weighted by atomic mass is 10.0. The molecule has 210 valence electrons. The van der Waals surface area contributed by atoms with Crippen molar-refractivity contribution in [2.45, 2.75) is 26.1 Å².